The normalized spacial score (nSPS) is 18.2. The topological polar surface area (TPSA) is 81.5 Å². The van der Waals surface area contributed by atoms with Crippen LogP contribution in [0.5, 0.6) is 5.75 Å². The van der Waals surface area contributed by atoms with Crippen molar-refractivity contribution in [3.8, 4) is 11.4 Å². The zero-order chi connectivity index (χ0) is 22.4. The minimum atomic E-state index is -0.267. The number of carbonyl (C=O) groups is 1. The number of nitrogens with zero attached hydrogens (tertiary/aromatic N) is 4. The summed E-state index contributed by atoms with van der Waals surface area (Å²) < 4.78 is 13.1. The van der Waals surface area contributed by atoms with Gasteiger partial charge >= 0.3 is 0 Å². The monoisotopic (exact) mass is 447 g/mol. The number of hydrogen-bond donors (Lipinski definition) is 1. The molecule has 2 aromatic rings. The molecule has 0 aliphatic carbocycles. The molecule has 8 nitrogen and oxygen atoms in total. The van der Waals surface area contributed by atoms with Gasteiger partial charge in [-0.05, 0) is 52.9 Å². The highest BCUT2D eigenvalue weighted by molar-refractivity contribution is 7.99. The van der Waals surface area contributed by atoms with E-state index in [0.717, 1.165) is 35.3 Å². The Hall–Kier alpha value is -2.10. The summed E-state index contributed by atoms with van der Waals surface area (Å²) in [4.78, 5) is 14.9. The van der Waals surface area contributed by atoms with Crippen LogP contribution in [0, 0.1) is 5.92 Å². The largest absolute Gasteiger partial charge is 0.497 e. The van der Waals surface area contributed by atoms with Crippen LogP contribution in [-0.4, -0.2) is 71.3 Å². The fraction of sp³-hybridized carbons (Fsp3) is 0.591. The highest BCUT2D eigenvalue weighted by Crippen LogP contribution is 2.29. The first kappa shape index (κ1) is 23.6. The smallest absolute Gasteiger partial charge is 0.223 e. The fourth-order valence-corrected chi connectivity index (χ4v) is 4.68. The summed E-state index contributed by atoms with van der Waals surface area (Å²) in [6, 6.07) is 7.79. The van der Waals surface area contributed by atoms with E-state index in [9.17, 15) is 4.79 Å². The lowest BCUT2D eigenvalue weighted by Gasteiger charge is -2.34. The summed E-state index contributed by atoms with van der Waals surface area (Å²) in [6.07, 6.45) is 1.45. The third-order valence-corrected chi connectivity index (χ3v) is 6.18. The van der Waals surface area contributed by atoms with Gasteiger partial charge in [-0.1, -0.05) is 17.8 Å². The SMILES string of the molecule is COc1cccc(-n2c(CNC(=O)[C@@H]3CCOC(C)(C)C3)nnc2SCCN(C)C)c1. The lowest BCUT2D eigenvalue weighted by Crippen LogP contribution is -2.41. The third-order valence-electron chi connectivity index (χ3n) is 5.27. The maximum atomic E-state index is 12.8. The van der Waals surface area contributed by atoms with E-state index in [-0.39, 0.29) is 17.4 Å². The van der Waals surface area contributed by atoms with E-state index >= 15 is 0 Å². The molecule has 0 spiro atoms. The highest BCUT2D eigenvalue weighted by atomic mass is 32.2. The Balaban J connectivity index is 1.77. The van der Waals surface area contributed by atoms with Crippen molar-refractivity contribution in [2.45, 2.75) is 44.0 Å². The van der Waals surface area contributed by atoms with Gasteiger partial charge < -0.3 is 19.7 Å². The van der Waals surface area contributed by atoms with Gasteiger partial charge in [0, 0.05) is 30.9 Å². The maximum Gasteiger partial charge on any atom is 0.223 e. The average Bonchev–Trinajstić information content (AvgIpc) is 3.13. The Morgan fingerprint density at radius 1 is 1.39 bits per heavy atom. The molecule has 2 heterocycles. The summed E-state index contributed by atoms with van der Waals surface area (Å²) >= 11 is 1.64. The van der Waals surface area contributed by atoms with Gasteiger partial charge in [0.2, 0.25) is 5.91 Å². The molecule has 1 aromatic carbocycles. The van der Waals surface area contributed by atoms with Crippen molar-refractivity contribution in [2.75, 3.05) is 40.1 Å². The van der Waals surface area contributed by atoms with Crippen molar-refractivity contribution in [2.24, 2.45) is 5.92 Å². The van der Waals surface area contributed by atoms with Crippen molar-refractivity contribution in [1.29, 1.82) is 0 Å². The quantitative estimate of drug-likeness (QED) is 0.592. The van der Waals surface area contributed by atoms with Crippen molar-refractivity contribution >= 4 is 17.7 Å². The second-order valence-corrected chi connectivity index (χ2v) is 9.67. The van der Waals surface area contributed by atoms with E-state index < -0.39 is 0 Å². The molecule has 31 heavy (non-hydrogen) atoms. The average molecular weight is 448 g/mol. The number of benzene rings is 1. The van der Waals surface area contributed by atoms with Gasteiger partial charge in [0.15, 0.2) is 11.0 Å². The molecule has 1 aliphatic rings. The van der Waals surface area contributed by atoms with Gasteiger partial charge in [-0.25, -0.2) is 0 Å². The van der Waals surface area contributed by atoms with Crippen LogP contribution < -0.4 is 10.1 Å². The molecule has 0 bridgehead atoms. The van der Waals surface area contributed by atoms with Gasteiger partial charge in [-0.2, -0.15) is 0 Å². The van der Waals surface area contributed by atoms with Gasteiger partial charge in [0.1, 0.15) is 5.75 Å². The summed E-state index contributed by atoms with van der Waals surface area (Å²) in [5, 5.41) is 12.7. The third kappa shape index (κ3) is 6.44. The van der Waals surface area contributed by atoms with E-state index in [1.165, 1.54) is 0 Å². The fourth-order valence-electron chi connectivity index (χ4n) is 3.60. The molecule has 1 saturated heterocycles. The van der Waals surface area contributed by atoms with Gasteiger partial charge in [-0.3, -0.25) is 9.36 Å². The Bertz CT molecular complexity index is 884. The lowest BCUT2D eigenvalue weighted by atomic mass is 9.88. The molecule has 1 aliphatic heterocycles. The van der Waals surface area contributed by atoms with Crippen LogP contribution >= 0.6 is 11.8 Å². The molecule has 1 N–H and O–H groups in total. The molecule has 3 rings (SSSR count). The molecule has 1 fully saturated rings. The molecule has 0 unspecified atom stereocenters. The number of ether oxygens (including phenoxy) is 2. The van der Waals surface area contributed by atoms with E-state index in [1.807, 2.05) is 56.8 Å². The molecule has 1 amide bonds. The number of aromatic nitrogens is 3. The van der Waals surface area contributed by atoms with Crippen molar-refractivity contribution in [1.82, 2.24) is 25.0 Å². The van der Waals surface area contributed by atoms with Gasteiger partial charge in [-0.15, -0.1) is 10.2 Å². The summed E-state index contributed by atoms with van der Waals surface area (Å²) in [6.45, 7) is 5.92. The molecule has 0 saturated carbocycles. The predicted molar refractivity (Wildman–Crippen MR) is 122 cm³/mol. The van der Waals surface area contributed by atoms with E-state index in [2.05, 4.69) is 20.4 Å². The minimum Gasteiger partial charge on any atom is -0.497 e. The number of hydrogen-bond acceptors (Lipinski definition) is 7. The van der Waals surface area contributed by atoms with Crippen LogP contribution in [0.1, 0.15) is 32.5 Å². The molecular formula is C22H33N5O3S. The van der Waals surface area contributed by atoms with Crippen molar-refractivity contribution in [3.63, 3.8) is 0 Å². The molecule has 1 aromatic heterocycles. The number of carbonyl (C=O) groups excluding carboxylic acids is 1. The molecule has 1 atom stereocenters. The highest BCUT2D eigenvalue weighted by Gasteiger charge is 2.33. The van der Waals surface area contributed by atoms with E-state index in [4.69, 9.17) is 9.47 Å². The second kappa shape index (κ2) is 10.5. The van der Waals surface area contributed by atoms with Crippen molar-refractivity contribution in [3.05, 3.63) is 30.1 Å². The Kier molecular flexibility index (Phi) is 7.96. The first-order valence-corrected chi connectivity index (χ1v) is 11.6. The van der Waals surface area contributed by atoms with Crippen LogP contribution in [0.25, 0.3) is 5.69 Å². The second-order valence-electron chi connectivity index (χ2n) is 8.60. The zero-order valence-electron chi connectivity index (χ0n) is 19.1. The zero-order valence-corrected chi connectivity index (χ0v) is 19.9. The van der Waals surface area contributed by atoms with E-state index in [0.29, 0.717) is 25.4 Å². The number of nitrogens with one attached hydrogen (secondary N) is 1. The number of methoxy groups -OCH3 is 1. The predicted octanol–water partition coefficient (Wildman–Crippen LogP) is 2.75. The molecular weight excluding hydrogens is 414 g/mol. The van der Waals surface area contributed by atoms with Crippen molar-refractivity contribution < 1.29 is 14.3 Å². The lowest BCUT2D eigenvalue weighted by molar-refractivity contribution is -0.135. The van der Waals surface area contributed by atoms with Crippen LogP contribution in [0.15, 0.2) is 29.4 Å². The summed E-state index contributed by atoms with van der Waals surface area (Å²) in [5.41, 5.74) is 0.644. The van der Waals surface area contributed by atoms with Crippen LogP contribution in [0.2, 0.25) is 0 Å². The molecule has 9 heteroatoms. The van der Waals surface area contributed by atoms with Crippen LogP contribution in [0.3, 0.4) is 0 Å². The van der Waals surface area contributed by atoms with Crippen LogP contribution in [-0.2, 0) is 16.1 Å². The summed E-state index contributed by atoms with van der Waals surface area (Å²) in [7, 11) is 5.74. The summed E-state index contributed by atoms with van der Waals surface area (Å²) in [5.74, 6) is 2.33. The first-order valence-electron chi connectivity index (χ1n) is 10.6. The Labute approximate surface area is 188 Å². The molecule has 0 radical (unpaired) electrons. The number of rotatable bonds is 9. The Morgan fingerprint density at radius 3 is 2.90 bits per heavy atom. The minimum absolute atomic E-state index is 0.0402. The van der Waals surface area contributed by atoms with Gasteiger partial charge in [0.05, 0.1) is 24.9 Å². The number of amides is 1. The van der Waals surface area contributed by atoms with Crippen LogP contribution in [0.4, 0.5) is 0 Å². The molecule has 170 valence electrons. The standard InChI is InChI=1S/C22H33N5O3S/c1-22(2)14-16(9-11-30-22)20(28)23-15-19-24-25-21(31-12-10-26(3)4)27(19)17-7-6-8-18(13-17)29-5/h6-8,13,16H,9-12,14-15H2,1-5H3,(H,23,28)/t16-/m1/s1. The number of thioether (sulfide) groups is 1. The Morgan fingerprint density at radius 2 is 2.19 bits per heavy atom. The van der Waals surface area contributed by atoms with Gasteiger partial charge in [0.25, 0.3) is 0 Å². The maximum absolute atomic E-state index is 12.8. The van der Waals surface area contributed by atoms with E-state index in [1.54, 1.807) is 18.9 Å². The first-order chi connectivity index (χ1) is 14.8.